The van der Waals surface area contributed by atoms with Crippen molar-refractivity contribution in [2.45, 2.75) is 149 Å². The fourth-order valence-corrected chi connectivity index (χ4v) is 18.2. The Morgan fingerprint density at radius 2 is 1.17 bits per heavy atom. The van der Waals surface area contributed by atoms with Crippen LogP contribution in [0, 0.1) is 53.3 Å². The summed E-state index contributed by atoms with van der Waals surface area (Å²) in [6, 6.07) is 7.98. The van der Waals surface area contributed by atoms with E-state index in [4.69, 9.17) is 0 Å². The molecule has 0 bridgehead atoms. The second-order valence-electron chi connectivity index (χ2n) is 18.0. The highest BCUT2D eigenvalue weighted by molar-refractivity contribution is 8.34. The lowest BCUT2D eigenvalue weighted by atomic mass is 9.61. The predicted octanol–water partition coefficient (Wildman–Crippen LogP) is 11.6. The minimum absolute atomic E-state index is 0.191. The van der Waals surface area contributed by atoms with Crippen LogP contribution in [0.5, 0.6) is 0 Å². The molecular formula is C40H68S. The zero-order chi connectivity index (χ0) is 30.2. The summed E-state index contributed by atoms with van der Waals surface area (Å²) < 4.78 is 0. The van der Waals surface area contributed by atoms with Crippen LogP contribution in [0.4, 0.5) is 0 Å². The number of rotatable bonds is 5. The van der Waals surface area contributed by atoms with Gasteiger partial charge < -0.3 is 0 Å². The van der Waals surface area contributed by atoms with Gasteiger partial charge in [0, 0.05) is 0 Å². The van der Waals surface area contributed by atoms with Gasteiger partial charge in [-0.15, -0.1) is 0 Å². The molecule has 0 radical (unpaired) electrons. The van der Waals surface area contributed by atoms with Gasteiger partial charge in [-0.2, -0.15) is 0 Å². The summed E-state index contributed by atoms with van der Waals surface area (Å²) in [6.07, 6.45) is 7.50. The first kappa shape index (κ1) is 32.0. The van der Waals surface area contributed by atoms with E-state index in [0.717, 1.165) is 69.7 Å². The summed E-state index contributed by atoms with van der Waals surface area (Å²) in [7, 11) is -0.710. The van der Waals surface area contributed by atoms with Crippen LogP contribution in [0.3, 0.4) is 0 Å². The molecule has 5 rings (SSSR count). The first-order valence-corrected chi connectivity index (χ1v) is 20.1. The summed E-state index contributed by atoms with van der Waals surface area (Å²) in [4.78, 5) is 0. The third kappa shape index (κ3) is 5.21. The molecule has 11 atom stereocenters. The Bertz CT molecular complexity index is 1020. The molecule has 0 saturated heterocycles. The Morgan fingerprint density at radius 1 is 0.634 bits per heavy atom. The molecule has 0 aromatic heterocycles. The molecule has 4 fully saturated rings. The monoisotopic (exact) mass is 581 g/mol. The zero-order valence-corrected chi connectivity index (χ0v) is 30.3. The van der Waals surface area contributed by atoms with Gasteiger partial charge in [-0.05, 0) is 128 Å². The van der Waals surface area contributed by atoms with Crippen LogP contribution < -0.4 is 0 Å². The Kier molecular flexibility index (Phi) is 8.72. The van der Waals surface area contributed by atoms with Crippen LogP contribution in [0.15, 0.2) is 18.2 Å². The van der Waals surface area contributed by atoms with Crippen molar-refractivity contribution < 1.29 is 0 Å². The summed E-state index contributed by atoms with van der Waals surface area (Å²) in [5.41, 5.74) is 5.25. The van der Waals surface area contributed by atoms with Crippen molar-refractivity contribution in [2.24, 2.45) is 53.3 Å². The van der Waals surface area contributed by atoms with Gasteiger partial charge >= 0.3 is 0 Å². The molecule has 41 heavy (non-hydrogen) atoms. The molecule has 0 heterocycles. The number of hydrogen-bond acceptors (Lipinski definition) is 0. The van der Waals surface area contributed by atoms with Gasteiger partial charge in [-0.1, -0.05) is 121 Å². The number of fused-ring (bicyclic) bond motifs is 2. The van der Waals surface area contributed by atoms with E-state index in [0.29, 0.717) is 0 Å². The Hall–Kier alpha value is -0.430. The third-order valence-corrected chi connectivity index (χ3v) is 20.1. The van der Waals surface area contributed by atoms with Gasteiger partial charge in [0.15, 0.2) is 0 Å². The molecule has 4 saturated carbocycles. The lowest BCUT2D eigenvalue weighted by Crippen LogP contribution is -2.44. The average Bonchev–Trinajstić information content (AvgIpc) is 3.55. The van der Waals surface area contributed by atoms with Gasteiger partial charge in [0.25, 0.3) is 0 Å². The summed E-state index contributed by atoms with van der Waals surface area (Å²) in [5, 5.41) is 1.94. The lowest BCUT2D eigenvalue weighted by molar-refractivity contribution is 0.123. The molecular weight excluding hydrogens is 513 g/mol. The van der Waals surface area contributed by atoms with Crippen molar-refractivity contribution >= 4 is 10.0 Å². The van der Waals surface area contributed by atoms with Crippen molar-refractivity contribution in [3.63, 3.8) is 0 Å². The van der Waals surface area contributed by atoms with Crippen LogP contribution in [0.2, 0.25) is 0 Å². The Balaban J connectivity index is 1.62. The SMILES string of the molecule is CCS(CC)(C1C(C)C(C)C(C)C1C)C1C(C)CC2C1CC1CCCC1C2c1cc(C(C)(C)C)cc(C(C)(C)C)c1. The second kappa shape index (κ2) is 11.2. The quantitative estimate of drug-likeness (QED) is 0.325. The van der Waals surface area contributed by atoms with E-state index in [1.54, 1.807) is 23.1 Å². The van der Waals surface area contributed by atoms with Crippen LogP contribution in [-0.2, 0) is 10.8 Å². The van der Waals surface area contributed by atoms with Gasteiger partial charge in [0.05, 0.1) is 0 Å². The molecule has 0 nitrogen and oxygen atoms in total. The van der Waals surface area contributed by atoms with E-state index in [9.17, 15) is 0 Å². The van der Waals surface area contributed by atoms with E-state index in [2.05, 4.69) is 108 Å². The summed E-state index contributed by atoms with van der Waals surface area (Å²) in [5.74, 6) is 11.8. The van der Waals surface area contributed by atoms with Crippen LogP contribution in [-0.4, -0.2) is 22.0 Å². The van der Waals surface area contributed by atoms with Crippen molar-refractivity contribution in [1.82, 2.24) is 0 Å². The molecule has 0 N–H and O–H groups in total. The fraction of sp³-hybridized carbons (Fsp3) is 0.850. The maximum absolute atomic E-state index is 2.73. The lowest BCUT2D eigenvalue weighted by Gasteiger charge is -2.57. The predicted molar refractivity (Wildman–Crippen MR) is 186 cm³/mol. The summed E-state index contributed by atoms with van der Waals surface area (Å²) >= 11 is 0. The standard InChI is InChI=1S/C40H68S/c1-14-41(15-2,38-27(6)25(4)26(5)28(38)7)37-24(3)19-34-35(37)22-29-17-16-18-33(29)36(34)30-20-31(39(8,9)10)23-32(21-30)40(11,12)13/h20-21,23-29,33-38H,14-19,22H2,1-13H3. The van der Waals surface area contributed by atoms with Gasteiger partial charge in [-0.3, -0.25) is 0 Å². The molecule has 4 aliphatic rings. The van der Waals surface area contributed by atoms with E-state index in [-0.39, 0.29) is 10.8 Å². The van der Waals surface area contributed by atoms with Gasteiger partial charge in [0.2, 0.25) is 0 Å². The van der Waals surface area contributed by atoms with E-state index in [1.807, 2.05) is 0 Å². The van der Waals surface area contributed by atoms with Crippen molar-refractivity contribution in [2.75, 3.05) is 11.5 Å². The number of hydrogen-bond donors (Lipinski definition) is 0. The molecule has 234 valence electrons. The molecule has 1 heteroatoms. The maximum Gasteiger partial charge on any atom is -0.00521 e. The van der Waals surface area contributed by atoms with Crippen molar-refractivity contribution in [3.05, 3.63) is 34.9 Å². The Labute approximate surface area is 258 Å². The molecule has 0 amide bonds. The van der Waals surface area contributed by atoms with Crippen LogP contribution >= 0.6 is 10.0 Å². The minimum atomic E-state index is -0.710. The molecule has 1 aromatic rings. The van der Waals surface area contributed by atoms with Crippen molar-refractivity contribution in [1.29, 1.82) is 0 Å². The first-order chi connectivity index (χ1) is 19.1. The minimum Gasteiger partial charge on any atom is -0.235 e. The second-order valence-corrected chi connectivity index (χ2v) is 22.2. The highest BCUT2D eigenvalue weighted by atomic mass is 32.3. The largest absolute Gasteiger partial charge is 0.235 e. The molecule has 0 aliphatic heterocycles. The van der Waals surface area contributed by atoms with E-state index >= 15 is 0 Å². The summed E-state index contributed by atoms with van der Waals surface area (Å²) in [6.45, 7) is 33.1. The fourth-order valence-electron chi connectivity index (χ4n) is 11.7. The molecule has 0 spiro atoms. The molecule has 1 aromatic carbocycles. The van der Waals surface area contributed by atoms with Gasteiger partial charge in [0.1, 0.15) is 0 Å². The zero-order valence-electron chi connectivity index (χ0n) is 29.5. The normalized spacial score (nSPS) is 41.9. The topological polar surface area (TPSA) is 0 Å². The van der Waals surface area contributed by atoms with Crippen LogP contribution in [0.1, 0.15) is 145 Å². The van der Waals surface area contributed by atoms with Crippen LogP contribution in [0.25, 0.3) is 0 Å². The first-order valence-electron chi connectivity index (χ1n) is 18.0. The molecule has 11 unspecified atom stereocenters. The maximum atomic E-state index is 2.73. The smallest absolute Gasteiger partial charge is 0.00521 e. The van der Waals surface area contributed by atoms with Gasteiger partial charge in [-0.25, -0.2) is 10.0 Å². The highest BCUT2D eigenvalue weighted by Crippen LogP contribution is 2.74. The Morgan fingerprint density at radius 3 is 1.66 bits per heavy atom. The number of benzene rings is 1. The van der Waals surface area contributed by atoms with E-state index in [1.165, 1.54) is 37.2 Å². The third-order valence-electron chi connectivity index (χ3n) is 14.1. The van der Waals surface area contributed by atoms with E-state index < -0.39 is 10.0 Å². The molecule has 4 aliphatic carbocycles. The average molecular weight is 581 g/mol. The van der Waals surface area contributed by atoms with Crippen molar-refractivity contribution in [3.8, 4) is 0 Å². The highest BCUT2D eigenvalue weighted by Gasteiger charge is 2.60.